The van der Waals surface area contributed by atoms with Crippen LogP contribution in [0.1, 0.15) is 26.7 Å². The van der Waals surface area contributed by atoms with Crippen LogP contribution in [-0.4, -0.2) is 60.1 Å². The summed E-state index contributed by atoms with van der Waals surface area (Å²) in [5, 5.41) is 28.8. The number of aromatic nitrogens is 3. The largest absolute Gasteiger partial charge is 0.481 e. The van der Waals surface area contributed by atoms with Crippen LogP contribution in [-0.2, 0) is 14.4 Å². The highest BCUT2D eigenvalue weighted by atomic mass is 32.2. The van der Waals surface area contributed by atoms with Crippen molar-refractivity contribution in [3.8, 4) is 0 Å². The Morgan fingerprint density at radius 2 is 2.15 bits per heavy atom. The summed E-state index contributed by atoms with van der Waals surface area (Å²) in [4.78, 5) is 40.4. The fourth-order valence-corrected chi connectivity index (χ4v) is 5.62. The molecular formula is C16H23N5O5S. The van der Waals surface area contributed by atoms with Gasteiger partial charge in [-0.3, -0.25) is 14.7 Å². The Kier molecular flexibility index (Phi) is 5.17. The molecule has 27 heavy (non-hydrogen) atoms. The van der Waals surface area contributed by atoms with E-state index in [2.05, 4.69) is 20.5 Å². The van der Waals surface area contributed by atoms with E-state index in [0.29, 0.717) is 11.6 Å². The van der Waals surface area contributed by atoms with E-state index in [0.717, 1.165) is 0 Å². The van der Waals surface area contributed by atoms with Crippen LogP contribution in [0.15, 0.2) is 11.5 Å². The number of H-pyrrole nitrogens is 1. The number of hydrogen-bond donors (Lipinski definition) is 5. The molecule has 148 valence electrons. The van der Waals surface area contributed by atoms with Crippen LogP contribution in [0.2, 0.25) is 0 Å². The Morgan fingerprint density at radius 1 is 1.44 bits per heavy atom. The highest BCUT2D eigenvalue weighted by molar-refractivity contribution is 7.99. The molecule has 1 aromatic rings. The summed E-state index contributed by atoms with van der Waals surface area (Å²) in [5.41, 5.74) is 4.13. The first-order chi connectivity index (χ1) is 12.7. The van der Waals surface area contributed by atoms with E-state index in [4.69, 9.17) is 5.73 Å². The van der Waals surface area contributed by atoms with Gasteiger partial charge in [0.2, 0.25) is 5.91 Å². The first-order valence-electron chi connectivity index (χ1n) is 8.73. The molecule has 3 rings (SSSR count). The number of aliphatic carboxylic acids is 2. The second-order valence-corrected chi connectivity index (χ2v) is 8.73. The lowest BCUT2D eigenvalue weighted by Gasteiger charge is -2.31. The third-order valence-corrected chi connectivity index (χ3v) is 6.64. The summed E-state index contributed by atoms with van der Waals surface area (Å²) in [7, 11) is 0. The molecule has 1 heterocycles. The third-order valence-electron chi connectivity index (χ3n) is 5.44. The van der Waals surface area contributed by atoms with Crippen LogP contribution in [0.25, 0.3) is 0 Å². The van der Waals surface area contributed by atoms with Crippen LogP contribution < -0.4 is 11.1 Å². The number of nitrogens with two attached hydrogens (primary N) is 1. The van der Waals surface area contributed by atoms with E-state index < -0.39 is 41.1 Å². The van der Waals surface area contributed by atoms with Crippen molar-refractivity contribution < 1.29 is 24.6 Å². The Hall–Kier alpha value is -2.14. The first-order valence-corrected chi connectivity index (χ1v) is 9.61. The topological polar surface area (TPSA) is 171 Å². The Labute approximate surface area is 159 Å². The fourth-order valence-electron chi connectivity index (χ4n) is 4.28. The fraction of sp³-hybridized carbons (Fsp3) is 0.688. The number of rotatable bonds is 8. The van der Waals surface area contributed by atoms with Gasteiger partial charge < -0.3 is 21.3 Å². The van der Waals surface area contributed by atoms with Gasteiger partial charge >= 0.3 is 11.9 Å². The van der Waals surface area contributed by atoms with E-state index in [1.807, 2.05) is 0 Å². The number of fused-ring (bicyclic) bond motifs is 1. The number of carbonyl (C=O) groups excluding carboxylic acids is 1. The number of carboxylic acid groups (broad SMARTS) is 2. The molecule has 2 fully saturated rings. The van der Waals surface area contributed by atoms with Crippen LogP contribution in [0.3, 0.4) is 0 Å². The van der Waals surface area contributed by atoms with Gasteiger partial charge in [-0.2, -0.15) is 5.10 Å². The molecule has 2 saturated carbocycles. The van der Waals surface area contributed by atoms with Crippen molar-refractivity contribution in [3.63, 3.8) is 0 Å². The molecule has 1 amide bonds. The molecule has 2 aliphatic carbocycles. The molecule has 6 N–H and O–H groups in total. The van der Waals surface area contributed by atoms with Gasteiger partial charge in [0.15, 0.2) is 5.16 Å². The molecular weight excluding hydrogens is 374 g/mol. The summed E-state index contributed by atoms with van der Waals surface area (Å²) in [6.07, 6.45) is 1.87. The summed E-state index contributed by atoms with van der Waals surface area (Å²) < 4.78 is 0. The number of nitrogens with zero attached hydrogens (tertiary/aromatic N) is 2. The summed E-state index contributed by atoms with van der Waals surface area (Å²) in [6.45, 7) is 3.46. The number of carbonyl (C=O) groups is 3. The minimum absolute atomic E-state index is 0.128. The van der Waals surface area contributed by atoms with Crippen molar-refractivity contribution in [3.05, 3.63) is 6.33 Å². The third kappa shape index (κ3) is 3.53. The van der Waals surface area contributed by atoms with E-state index in [-0.39, 0.29) is 23.6 Å². The van der Waals surface area contributed by atoms with Crippen LogP contribution >= 0.6 is 11.8 Å². The number of nitrogens with one attached hydrogen (secondary N) is 2. The van der Waals surface area contributed by atoms with Crippen molar-refractivity contribution in [1.29, 1.82) is 0 Å². The van der Waals surface area contributed by atoms with Gasteiger partial charge in [-0.05, 0) is 25.7 Å². The Morgan fingerprint density at radius 3 is 2.67 bits per heavy atom. The number of thioether (sulfide) groups is 1. The maximum absolute atomic E-state index is 12.6. The van der Waals surface area contributed by atoms with Gasteiger partial charge in [0.1, 0.15) is 11.9 Å². The molecule has 10 nitrogen and oxygen atoms in total. The van der Waals surface area contributed by atoms with Gasteiger partial charge in [-0.25, -0.2) is 9.78 Å². The zero-order chi connectivity index (χ0) is 19.9. The first kappa shape index (κ1) is 19.6. The lowest BCUT2D eigenvalue weighted by Crippen LogP contribution is -2.57. The molecule has 7 atom stereocenters. The second kappa shape index (κ2) is 7.12. The maximum atomic E-state index is 12.6. The molecule has 0 aromatic carbocycles. The average molecular weight is 397 g/mol. The minimum Gasteiger partial charge on any atom is -0.481 e. The molecule has 1 unspecified atom stereocenters. The molecule has 0 radical (unpaired) electrons. The lowest BCUT2D eigenvalue weighted by atomic mass is 9.88. The maximum Gasteiger partial charge on any atom is 0.329 e. The highest BCUT2D eigenvalue weighted by Crippen LogP contribution is 2.65. The van der Waals surface area contributed by atoms with Gasteiger partial charge in [0.05, 0.1) is 5.92 Å². The molecule has 0 aliphatic heterocycles. The number of hydrogen-bond acceptors (Lipinski definition) is 7. The summed E-state index contributed by atoms with van der Waals surface area (Å²) in [5.74, 6) is -4.95. The molecule has 0 bridgehead atoms. The average Bonchev–Trinajstić information content (AvgIpc) is 2.97. The van der Waals surface area contributed by atoms with Crippen LogP contribution in [0, 0.1) is 23.7 Å². The van der Waals surface area contributed by atoms with Gasteiger partial charge in [0, 0.05) is 23.1 Å². The summed E-state index contributed by atoms with van der Waals surface area (Å²) in [6, 6.07) is -0.203. The predicted octanol–water partition coefficient (Wildman–Crippen LogP) is -0.0711. The standard InChI is InChI=1S/C16H23N5O5S/c1-6(3-7(2)17)12(22)20-16(14(25)26)4-8(27-15-18-5-19-21-15)9-10(11(9)16)13(23)24/h5-11H,3-4,17H2,1-2H3,(H,20,22)(H,23,24)(H,25,26)(H,18,19,21)/t6?,7-,8+,9-,10-,11-,16-/m0/s1. The predicted molar refractivity (Wildman–Crippen MR) is 94.7 cm³/mol. The molecule has 1 aromatic heterocycles. The highest BCUT2D eigenvalue weighted by Gasteiger charge is 2.75. The van der Waals surface area contributed by atoms with Crippen LogP contribution in [0.4, 0.5) is 0 Å². The van der Waals surface area contributed by atoms with Crippen molar-refractivity contribution >= 4 is 29.6 Å². The number of amides is 1. The van der Waals surface area contributed by atoms with E-state index >= 15 is 0 Å². The van der Waals surface area contributed by atoms with Crippen molar-refractivity contribution in [2.24, 2.45) is 29.4 Å². The van der Waals surface area contributed by atoms with Crippen molar-refractivity contribution in [1.82, 2.24) is 20.5 Å². The smallest absolute Gasteiger partial charge is 0.329 e. The van der Waals surface area contributed by atoms with Crippen molar-refractivity contribution in [2.45, 2.75) is 48.7 Å². The Bertz CT molecular complexity index is 742. The SMILES string of the molecule is CC(C[C@H](C)N)C(=O)N[C@@]1(C(=O)O)C[C@@H](Sc2ncn[nH]2)[C@H]2[C@H](C(=O)O)[C@H]21. The van der Waals surface area contributed by atoms with Gasteiger partial charge in [0.25, 0.3) is 0 Å². The lowest BCUT2D eigenvalue weighted by molar-refractivity contribution is -0.150. The molecule has 0 saturated heterocycles. The quantitative estimate of drug-likeness (QED) is 0.402. The monoisotopic (exact) mass is 397 g/mol. The van der Waals surface area contributed by atoms with Crippen LogP contribution in [0.5, 0.6) is 0 Å². The zero-order valence-corrected chi connectivity index (χ0v) is 15.8. The summed E-state index contributed by atoms with van der Waals surface area (Å²) >= 11 is 1.27. The second-order valence-electron chi connectivity index (χ2n) is 7.50. The molecule has 2 aliphatic rings. The minimum atomic E-state index is -1.60. The van der Waals surface area contributed by atoms with E-state index in [1.54, 1.807) is 13.8 Å². The van der Waals surface area contributed by atoms with E-state index in [1.165, 1.54) is 18.1 Å². The Balaban J connectivity index is 1.84. The zero-order valence-electron chi connectivity index (χ0n) is 15.0. The molecule has 11 heteroatoms. The normalized spacial score (nSPS) is 33.7. The number of carboxylic acids is 2. The van der Waals surface area contributed by atoms with Gasteiger partial charge in [-0.1, -0.05) is 18.7 Å². The molecule has 0 spiro atoms. The van der Waals surface area contributed by atoms with Gasteiger partial charge in [-0.15, -0.1) is 0 Å². The van der Waals surface area contributed by atoms with E-state index in [9.17, 15) is 24.6 Å². The van der Waals surface area contributed by atoms with Crippen molar-refractivity contribution in [2.75, 3.05) is 0 Å². The number of aromatic amines is 1.